The molecule has 0 radical (unpaired) electrons. The van der Waals surface area contributed by atoms with E-state index in [0.717, 1.165) is 5.56 Å². The van der Waals surface area contributed by atoms with E-state index in [1.807, 2.05) is 0 Å². The minimum atomic E-state index is -1.23. The second-order valence-electron chi connectivity index (χ2n) is 4.66. The fraction of sp³-hybridized carbons (Fsp3) is 0.500. The van der Waals surface area contributed by atoms with Gasteiger partial charge in [0, 0.05) is 17.8 Å². The first kappa shape index (κ1) is 14.7. The number of nitrogens with one attached hydrogen (secondary N) is 1. The lowest BCUT2D eigenvalue weighted by molar-refractivity contribution is -0.384. The number of nitrogens with zero attached hydrogens (tertiary/aromatic N) is 1. The van der Waals surface area contributed by atoms with Gasteiger partial charge >= 0.3 is 0 Å². The lowest BCUT2D eigenvalue weighted by atomic mass is 10.1. The summed E-state index contributed by atoms with van der Waals surface area (Å²) in [5.41, 5.74) is 1.06. The maximum absolute atomic E-state index is 10.7. The van der Waals surface area contributed by atoms with E-state index in [1.54, 1.807) is 13.0 Å². The van der Waals surface area contributed by atoms with Gasteiger partial charge in [0.05, 0.1) is 11.5 Å². The first-order valence-corrected chi connectivity index (χ1v) is 6.08. The van der Waals surface area contributed by atoms with Crippen LogP contribution in [0.5, 0.6) is 0 Å². The number of aliphatic hydroxyl groups excluding tert-OH is 3. The minimum absolute atomic E-state index is 0.0927. The number of aryl methyl sites for hydroxylation is 1. The molecule has 1 heterocycles. The van der Waals surface area contributed by atoms with Crippen LogP contribution in [0.4, 0.5) is 11.4 Å². The molecule has 2 rings (SSSR count). The second-order valence-corrected chi connectivity index (χ2v) is 4.66. The van der Waals surface area contributed by atoms with E-state index in [2.05, 4.69) is 5.32 Å². The summed E-state index contributed by atoms with van der Waals surface area (Å²) in [5, 5.41) is 42.0. The summed E-state index contributed by atoms with van der Waals surface area (Å²) in [5.74, 6) is 0. The molecule has 0 bridgehead atoms. The highest BCUT2D eigenvalue weighted by molar-refractivity contribution is 5.57. The second kappa shape index (κ2) is 5.71. The number of benzene rings is 1. The first-order valence-electron chi connectivity index (χ1n) is 6.08. The Balaban J connectivity index is 2.18. The van der Waals surface area contributed by atoms with Crippen molar-refractivity contribution in [2.45, 2.75) is 31.5 Å². The highest BCUT2D eigenvalue weighted by Crippen LogP contribution is 2.27. The molecule has 1 aromatic rings. The van der Waals surface area contributed by atoms with Gasteiger partial charge in [-0.1, -0.05) is 6.07 Å². The molecule has 4 atom stereocenters. The molecule has 1 aliphatic rings. The molecule has 0 amide bonds. The van der Waals surface area contributed by atoms with Crippen LogP contribution in [0.25, 0.3) is 0 Å². The van der Waals surface area contributed by atoms with E-state index >= 15 is 0 Å². The highest BCUT2D eigenvalue weighted by atomic mass is 16.6. The third-order valence-electron chi connectivity index (χ3n) is 3.27. The first-order chi connectivity index (χ1) is 9.43. The Morgan fingerprint density at radius 2 is 2.10 bits per heavy atom. The molecule has 1 saturated heterocycles. The van der Waals surface area contributed by atoms with Crippen molar-refractivity contribution in [2.75, 3.05) is 11.9 Å². The average molecular weight is 284 g/mol. The fourth-order valence-electron chi connectivity index (χ4n) is 2.05. The van der Waals surface area contributed by atoms with Gasteiger partial charge in [-0.25, -0.2) is 0 Å². The largest absolute Gasteiger partial charge is 0.394 e. The van der Waals surface area contributed by atoms with E-state index in [1.165, 1.54) is 12.1 Å². The summed E-state index contributed by atoms with van der Waals surface area (Å²) in [6.07, 6.45) is -4.27. The van der Waals surface area contributed by atoms with Crippen LogP contribution in [0.1, 0.15) is 5.56 Å². The van der Waals surface area contributed by atoms with Crippen LogP contribution in [0.3, 0.4) is 0 Å². The summed E-state index contributed by atoms with van der Waals surface area (Å²) >= 11 is 0. The van der Waals surface area contributed by atoms with Crippen LogP contribution in [0, 0.1) is 17.0 Å². The number of ether oxygens (including phenoxy) is 1. The number of rotatable bonds is 4. The van der Waals surface area contributed by atoms with Gasteiger partial charge in [0.25, 0.3) is 5.69 Å². The maximum atomic E-state index is 10.7. The minimum Gasteiger partial charge on any atom is -0.394 e. The molecule has 1 aromatic carbocycles. The molecule has 0 aliphatic carbocycles. The summed E-state index contributed by atoms with van der Waals surface area (Å²) in [6, 6.07) is 4.27. The van der Waals surface area contributed by atoms with Gasteiger partial charge in [-0.2, -0.15) is 0 Å². The van der Waals surface area contributed by atoms with Crippen molar-refractivity contribution >= 4 is 11.4 Å². The Hall–Kier alpha value is -1.74. The monoisotopic (exact) mass is 284 g/mol. The van der Waals surface area contributed by atoms with Crippen molar-refractivity contribution in [3.05, 3.63) is 33.9 Å². The predicted octanol–water partition coefficient (Wildman–Crippen LogP) is -0.246. The van der Waals surface area contributed by atoms with Crippen molar-refractivity contribution in [1.82, 2.24) is 0 Å². The van der Waals surface area contributed by atoms with E-state index < -0.39 is 36.1 Å². The molecule has 1 fully saturated rings. The number of nitro benzene ring substituents is 1. The van der Waals surface area contributed by atoms with Crippen LogP contribution in [0.2, 0.25) is 0 Å². The Labute approximate surface area is 114 Å². The van der Waals surface area contributed by atoms with Gasteiger partial charge in [-0.05, 0) is 12.5 Å². The molecule has 0 saturated carbocycles. The van der Waals surface area contributed by atoms with Gasteiger partial charge in [0.15, 0.2) is 6.23 Å². The van der Waals surface area contributed by atoms with Crippen molar-refractivity contribution in [2.24, 2.45) is 0 Å². The average Bonchev–Trinajstić information content (AvgIpc) is 2.68. The molecule has 0 aromatic heterocycles. The molecular formula is C12H16N2O6. The number of hydrogen-bond acceptors (Lipinski definition) is 7. The van der Waals surface area contributed by atoms with Gasteiger partial charge in [-0.15, -0.1) is 0 Å². The highest BCUT2D eigenvalue weighted by Gasteiger charge is 2.42. The van der Waals surface area contributed by atoms with E-state index in [4.69, 9.17) is 9.84 Å². The lowest BCUT2D eigenvalue weighted by Gasteiger charge is -2.19. The molecule has 20 heavy (non-hydrogen) atoms. The Morgan fingerprint density at radius 1 is 1.40 bits per heavy atom. The van der Waals surface area contributed by atoms with Crippen molar-refractivity contribution in [1.29, 1.82) is 0 Å². The molecule has 1 aliphatic heterocycles. The third-order valence-corrected chi connectivity index (χ3v) is 3.27. The van der Waals surface area contributed by atoms with Crippen molar-refractivity contribution in [3.63, 3.8) is 0 Å². The number of hydrogen-bond donors (Lipinski definition) is 4. The summed E-state index contributed by atoms with van der Waals surface area (Å²) in [6.45, 7) is 1.32. The quantitative estimate of drug-likeness (QED) is 0.444. The molecule has 8 nitrogen and oxygen atoms in total. The predicted molar refractivity (Wildman–Crippen MR) is 69.2 cm³/mol. The van der Waals surface area contributed by atoms with Crippen LogP contribution < -0.4 is 5.32 Å². The van der Waals surface area contributed by atoms with Crippen LogP contribution in [0.15, 0.2) is 18.2 Å². The van der Waals surface area contributed by atoms with Crippen LogP contribution >= 0.6 is 0 Å². The zero-order valence-corrected chi connectivity index (χ0v) is 10.8. The van der Waals surface area contributed by atoms with Gasteiger partial charge in [0.1, 0.15) is 18.3 Å². The van der Waals surface area contributed by atoms with Gasteiger partial charge < -0.3 is 25.4 Å². The smallest absolute Gasteiger partial charge is 0.271 e. The topological polar surface area (TPSA) is 125 Å². The van der Waals surface area contributed by atoms with Gasteiger partial charge in [0.2, 0.25) is 0 Å². The van der Waals surface area contributed by atoms with Gasteiger partial charge in [-0.3, -0.25) is 10.1 Å². The Kier molecular flexibility index (Phi) is 4.19. The zero-order chi connectivity index (χ0) is 14.9. The summed E-state index contributed by atoms with van der Waals surface area (Å²) in [7, 11) is 0. The molecule has 0 unspecified atom stereocenters. The lowest BCUT2D eigenvalue weighted by Crippen LogP contribution is -2.36. The Bertz CT molecular complexity index is 509. The summed E-state index contributed by atoms with van der Waals surface area (Å²) < 4.78 is 5.26. The third kappa shape index (κ3) is 2.73. The van der Waals surface area contributed by atoms with E-state index in [-0.39, 0.29) is 5.69 Å². The molecule has 8 heteroatoms. The molecule has 0 spiro atoms. The van der Waals surface area contributed by atoms with Crippen molar-refractivity contribution in [3.8, 4) is 0 Å². The number of nitro groups is 1. The standard InChI is InChI=1S/C12H16N2O6/c1-6-2-3-7(14(18)19)4-8(6)13-12-11(17)10(16)9(5-15)20-12/h2-4,9-13,15-17H,5H2,1H3/t9-,10-,11+,12-/m1/s1. The Morgan fingerprint density at radius 3 is 2.65 bits per heavy atom. The normalized spacial score (nSPS) is 29.4. The van der Waals surface area contributed by atoms with Crippen LogP contribution in [-0.2, 0) is 4.74 Å². The number of anilines is 1. The number of non-ortho nitro benzene ring substituents is 1. The number of aliphatic hydroxyl groups is 3. The SMILES string of the molecule is Cc1ccc([N+](=O)[O-])cc1N[C@@H]1O[C@H](CO)[C@@H](O)[C@@H]1O. The molecule has 4 N–H and O–H groups in total. The maximum Gasteiger partial charge on any atom is 0.271 e. The summed E-state index contributed by atoms with van der Waals surface area (Å²) in [4.78, 5) is 10.2. The molecular weight excluding hydrogens is 268 g/mol. The van der Waals surface area contributed by atoms with Crippen LogP contribution in [-0.4, -0.2) is 51.4 Å². The molecule has 110 valence electrons. The van der Waals surface area contributed by atoms with E-state index in [9.17, 15) is 20.3 Å². The fourth-order valence-corrected chi connectivity index (χ4v) is 2.05. The van der Waals surface area contributed by atoms with Crippen molar-refractivity contribution < 1.29 is 25.0 Å². The van der Waals surface area contributed by atoms with E-state index in [0.29, 0.717) is 5.69 Å². The zero-order valence-electron chi connectivity index (χ0n) is 10.8.